The molecule has 1 aromatic heterocycles. The molecule has 164 valence electrons. The van der Waals surface area contributed by atoms with E-state index >= 15 is 0 Å². The molecule has 2 aromatic rings. The zero-order chi connectivity index (χ0) is 21.8. The highest BCUT2D eigenvalue weighted by Gasteiger charge is 2.41. The second-order valence-corrected chi connectivity index (χ2v) is 9.85. The third-order valence-corrected chi connectivity index (χ3v) is 6.95. The Morgan fingerprint density at radius 2 is 1.83 bits per heavy atom. The molecule has 0 amide bonds. The second-order valence-electron chi connectivity index (χ2n) is 8.73. The number of carbonyl (C=O) groups is 1. The van der Waals surface area contributed by atoms with Gasteiger partial charge in [-0.25, -0.2) is 4.79 Å². The number of aliphatic hydroxyl groups excluding tert-OH is 1. The van der Waals surface area contributed by atoms with Crippen LogP contribution < -0.4 is 0 Å². The van der Waals surface area contributed by atoms with Gasteiger partial charge in [-0.2, -0.15) is 0 Å². The molecule has 0 spiro atoms. The van der Waals surface area contributed by atoms with E-state index in [0.29, 0.717) is 18.1 Å². The lowest BCUT2D eigenvalue weighted by Crippen LogP contribution is -2.17. The first-order chi connectivity index (χ1) is 14.3. The summed E-state index contributed by atoms with van der Waals surface area (Å²) in [5.41, 5.74) is 2.09. The summed E-state index contributed by atoms with van der Waals surface area (Å²) in [4.78, 5) is 11.0. The molecule has 3 rings (SSSR count). The van der Waals surface area contributed by atoms with E-state index < -0.39 is 12.1 Å². The normalized spacial score (nSPS) is 25.0. The van der Waals surface area contributed by atoms with Crippen molar-refractivity contribution in [3.63, 3.8) is 0 Å². The largest absolute Gasteiger partial charge is 0.475 e. The van der Waals surface area contributed by atoms with Gasteiger partial charge in [-0.3, -0.25) is 0 Å². The van der Waals surface area contributed by atoms with Gasteiger partial charge in [0.2, 0.25) is 5.76 Å². The Morgan fingerprint density at radius 3 is 2.43 bits per heavy atom. The molecule has 1 fully saturated rings. The number of aryl methyl sites for hydroxylation is 1. The number of rotatable bonds is 9. The van der Waals surface area contributed by atoms with Crippen LogP contribution in [0.4, 0.5) is 0 Å². The number of aromatic carboxylic acids is 1. The van der Waals surface area contributed by atoms with Gasteiger partial charge in [-0.1, -0.05) is 38.1 Å². The molecule has 30 heavy (non-hydrogen) atoms. The molecule has 0 radical (unpaired) electrons. The Bertz CT molecular complexity index is 830. The van der Waals surface area contributed by atoms with Crippen LogP contribution in [0.2, 0.25) is 0 Å². The molecule has 1 saturated carbocycles. The highest BCUT2D eigenvalue weighted by Crippen LogP contribution is 2.47. The van der Waals surface area contributed by atoms with E-state index in [9.17, 15) is 9.90 Å². The summed E-state index contributed by atoms with van der Waals surface area (Å²) < 4.78 is 5.35. The maximum absolute atomic E-state index is 11.0. The molecule has 6 heteroatoms. The molecule has 2 N–H and O–H groups in total. The van der Waals surface area contributed by atoms with Crippen LogP contribution >= 0.6 is 23.2 Å². The Hall–Kier alpha value is -1.49. The molecule has 1 heterocycles. The number of carboxylic acid groups (broad SMARTS) is 1. The minimum absolute atomic E-state index is 0.00916. The molecule has 4 nitrogen and oxygen atoms in total. The fraction of sp³-hybridized carbons (Fsp3) is 0.542. The third-order valence-electron chi connectivity index (χ3n) is 6.00. The first kappa shape index (κ1) is 23.2. The number of hydrogen-bond acceptors (Lipinski definition) is 3. The molecule has 1 aromatic carbocycles. The van der Waals surface area contributed by atoms with Gasteiger partial charge in [0.15, 0.2) is 0 Å². The Morgan fingerprint density at radius 1 is 1.13 bits per heavy atom. The number of alkyl halides is 2. The average molecular weight is 453 g/mol. The first-order valence-corrected chi connectivity index (χ1v) is 11.5. The van der Waals surface area contributed by atoms with Gasteiger partial charge in [0.05, 0.1) is 6.10 Å². The molecule has 5 atom stereocenters. The van der Waals surface area contributed by atoms with Gasteiger partial charge in [-0.15, -0.1) is 23.2 Å². The van der Waals surface area contributed by atoms with E-state index in [2.05, 4.69) is 26.0 Å². The summed E-state index contributed by atoms with van der Waals surface area (Å²) in [5, 5.41) is 19.3. The summed E-state index contributed by atoms with van der Waals surface area (Å²) in [6, 6.07) is 11.4. The Balaban J connectivity index is 1.64. The third kappa shape index (κ3) is 5.60. The standard InChI is InChI=1S/C24H30Cl2O4/c1-14(2)12-21(27)15-6-8-16(9-7-15)23-18(19(25)13-20(23)26)5-3-4-17-10-11-22(30-17)24(28)29/h6-11,14,18-21,23,27H,3-5,12-13H2,1-2H3,(H,28,29). The second kappa shape index (κ2) is 10.2. The number of benzene rings is 1. The van der Waals surface area contributed by atoms with E-state index in [4.69, 9.17) is 32.7 Å². The van der Waals surface area contributed by atoms with E-state index in [0.717, 1.165) is 36.8 Å². The lowest BCUT2D eigenvalue weighted by molar-refractivity contribution is 0.0660. The van der Waals surface area contributed by atoms with E-state index in [-0.39, 0.29) is 28.4 Å². The van der Waals surface area contributed by atoms with E-state index in [1.165, 1.54) is 6.07 Å². The summed E-state index contributed by atoms with van der Waals surface area (Å²) in [6.07, 6.45) is 3.47. The van der Waals surface area contributed by atoms with Crippen molar-refractivity contribution in [2.75, 3.05) is 0 Å². The minimum Gasteiger partial charge on any atom is -0.475 e. The van der Waals surface area contributed by atoms with Gasteiger partial charge in [0.1, 0.15) is 5.76 Å². The van der Waals surface area contributed by atoms with E-state index in [1.54, 1.807) is 6.07 Å². The summed E-state index contributed by atoms with van der Waals surface area (Å²) in [7, 11) is 0. The maximum atomic E-state index is 11.0. The van der Waals surface area contributed by atoms with Gasteiger partial charge in [0, 0.05) is 23.1 Å². The molecule has 1 aliphatic rings. The number of aliphatic hydroxyl groups is 1. The number of halogens is 2. The molecular formula is C24H30Cl2O4. The van der Waals surface area contributed by atoms with Crippen molar-refractivity contribution >= 4 is 29.2 Å². The first-order valence-electron chi connectivity index (χ1n) is 10.6. The van der Waals surface area contributed by atoms with Gasteiger partial charge in [-0.05, 0) is 60.8 Å². The number of furan rings is 1. The summed E-state index contributed by atoms with van der Waals surface area (Å²) >= 11 is 13.3. The molecule has 0 aliphatic heterocycles. The summed E-state index contributed by atoms with van der Waals surface area (Å²) in [5.74, 6) is 0.443. The van der Waals surface area contributed by atoms with Crippen LogP contribution in [0.3, 0.4) is 0 Å². The van der Waals surface area contributed by atoms with Crippen LogP contribution in [0.1, 0.15) is 79.0 Å². The van der Waals surface area contributed by atoms with Crippen LogP contribution in [0.25, 0.3) is 0 Å². The van der Waals surface area contributed by atoms with Crippen molar-refractivity contribution in [2.24, 2.45) is 11.8 Å². The average Bonchev–Trinajstić information content (AvgIpc) is 3.26. The zero-order valence-corrected chi connectivity index (χ0v) is 18.9. The molecule has 0 bridgehead atoms. The SMILES string of the molecule is CC(C)CC(O)c1ccc(C2C(Cl)CC(Cl)C2CCCc2ccc(C(=O)O)o2)cc1. The zero-order valence-electron chi connectivity index (χ0n) is 17.4. The predicted octanol–water partition coefficient (Wildman–Crippen LogP) is 6.40. The number of hydrogen-bond donors (Lipinski definition) is 2. The highest BCUT2D eigenvalue weighted by atomic mass is 35.5. The van der Waals surface area contributed by atoms with Crippen molar-refractivity contribution in [1.82, 2.24) is 0 Å². The highest BCUT2D eigenvalue weighted by molar-refractivity contribution is 6.25. The van der Waals surface area contributed by atoms with Gasteiger partial charge >= 0.3 is 5.97 Å². The fourth-order valence-corrected chi connectivity index (χ4v) is 5.60. The van der Waals surface area contributed by atoms with Crippen LogP contribution in [-0.2, 0) is 6.42 Å². The van der Waals surface area contributed by atoms with Crippen molar-refractivity contribution in [2.45, 2.75) is 68.7 Å². The topological polar surface area (TPSA) is 70.7 Å². The van der Waals surface area contributed by atoms with Crippen LogP contribution in [0.5, 0.6) is 0 Å². The van der Waals surface area contributed by atoms with Crippen molar-refractivity contribution in [3.05, 3.63) is 59.0 Å². The lowest BCUT2D eigenvalue weighted by atomic mass is 9.84. The Kier molecular flexibility index (Phi) is 7.89. The maximum Gasteiger partial charge on any atom is 0.371 e. The lowest BCUT2D eigenvalue weighted by Gasteiger charge is -2.24. The number of carboxylic acids is 1. The fourth-order valence-electron chi connectivity index (χ4n) is 4.51. The molecule has 1 aliphatic carbocycles. The van der Waals surface area contributed by atoms with Crippen molar-refractivity contribution in [1.29, 1.82) is 0 Å². The molecule has 5 unspecified atom stereocenters. The molecular weight excluding hydrogens is 423 g/mol. The predicted molar refractivity (Wildman–Crippen MR) is 120 cm³/mol. The minimum atomic E-state index is -1.05. The van der Waals surface area contributed by atoms with Gasteiger partial charge < -0.3 is 14.6 Å². The van der Waals surface area contributed by atoms with Crippen molar-refractivity contribution < 1.29 is 19.4 Å². The Labute approximate surface area is 188 Å². The van der Waals surface area contributed by atoms with Crippen LogP contribution in [0.15, 0.2) is 40.8 Å². The van der Waals surface area contributed by atoms with Gasteiger partial charge in [0.25, 0.3) is 0 Å². The smallest absolute Gasteiger partial charge is 0.371 e. The van der Waals surface area contributed by atoms with Crippen LogP contribution in [-0.4, -0.2) is 26.9 Å². The molecule has 0 saturated heterocycles. The van der Waals surface area contributed by atoms with E-state index in [1.807, 2.05) is 12.1 Å². The monoisotopic (exact) mass is 452 g/mol. The quantitative estimate of drug-likeness (QED) is 0.431. The summed E-state index contributed by atoms with van der Waals surface area (Å²) in [6.45, 7) is 4.20. The van der Waals surface area contributed by atoms with Crippen molar-refractivity contribution in [3.8, 4) is 0 Å². The van der Waals surface area contributed by atoms with Crippen LogP contribution in [0, 0.1) is 11.8 Å².